The molecule has 0 saturated heterocycles. The molecule has 0 aliphatic heterocycles. The molecule has 1 amide bonds. The minimum absolute atomic E-state index is 0.406. The molecule has 0 spiro atoms. The van der Waals surface area contributed by atoms with Crippen LogP contribution >= 0.6 is 22.7 Å². The minimum atomic E-state index is -1.04. The summed E-state index contributed by atoms with van der Waals surface area (Å²) in [5.74, 6) is -0.565. The molecule has 6 nitrogen and oxygen atoms in total. The molecule has 2 aromatic carbocycles. The van der Waals surface area contributed by atoms with Gasteiger partial charge >= 0.3 is 5.97 Å². The van der Waals surface area contributed by atoms with Crippen molar-refractivity contribution in [2.75, 3.05) is 12.4 Å². The summed E-state index contributed by atoms with van der Waals surface area (Å²) in [6, 6.07) is 18.8. The Labute approximate surface area is 209 Å². The number of nitrogens with one attached hydrogen (secondary N) is 1. The van der Waals surface area contributed by atoms with Crippen molar-refractivity contribution in [2.45, 2.75) is 13.0 Å². The van der Waals surface area contributed by atoms with E-state index in [2.05, 4.69) is 5.32 Å². The Kier molecular flexibility index (Phi) is 6.39. The number of anilines is 1. The molecule has 0 unspecified atom stereocenters. The molecule has 3 heterocycles. The predicted octanol–water partition coefficient (Wildman–Crippen LogP) is 6.83. The summed E-state index contributed by atoms with van der Waals surface area (Å²) in [7, 11) is 1.53. The Hall–Kier alpha value is -3.88. The van der Waals surface area contributed by atoms with Crippen LogP contribution in [-0.4, -0.2) is 25.1 Å². The zero-order chi connectivity index (χ0) is 24.4. The smallest absolute Gasteiger partial charge is 0.340 e. The highest BCUT2D eigenvalue weighted by Gasteiger charge is 2.24. The lowest BCUT2D eigenvalue weighted by atomic mass is 10.1. The van der Waals surface area contributed by atoms with Crippen LogP contribution in [0.2, 0.25) is 0 Å². The van der Waals surface area contributed by atoms with Gasteiger partial charge in [-0.15, -0.1) is 22.7 Å². The molecule has 5 aromatic rings. The van der Waals surface area contributed by atoms with Gasteiger partial charge in [0.05, 0.1) is 18.4 Å². The molecule has 0 aliphatic carbocycles. The number of amides is 1. The number of para-hydroxylation sites is 1. The fraction of sp³-hybridized carbons (Fsp3) is 0.111. The molecule has 35 heavy (non-hydrogen) atoms. The molecule has 8 heteroatoms. The van der Waals surface area contributed by atoms with E-state index in [1.165, 1.54) is 36.7 Å². The van der Waals surface area contributed by atoms with E-state index >= 15 is 0 Å². The van der Waals surface area contributed by atoms with Crippen LogP contribution in [0, 0.1) is 0 Å². The van der Waals surface area contributed by atoms with Crippen molar-refractivity contribution in [2.24, 2.45) is 0 Å². The summed E-state index contributed by atoms with van der Waals surface area (Å²) in [4.78, 5) is 27.7. The zero-order valence-electron chi connectivity index (χ0n) is 18.9. The summed E-state index contributed by atoms with van der Waals surface area (Å²) in [6.45, 7) is 1.54. The largest absolute Gasteiger partial charge is 0.495 e. The van der Waals surface area contributed by atoms with Gasteiger partial charge in [0.25, 0.3) is 5.91 Å². The minimum Gasteiger partial charge on any atom is -0.495 e. The molecular weight excluding hydrogens is 482 g/mol. The highest BCUT2D eigenvalue weighted by Crippen LogP contribution is 2.36. The second-order valence-corrected chi connectivity index (χ2v) is 9.66. The third-order valence-corrected chi connectivity index (χ3v) is 7.17. The number of hydrogen-bond acceptors (Lipinski definition) is 7. The van der Waals surface area contributed by atoms with Crippen LogP contribution < -0.4 is 10.1 Å². The number of thiophene rings is 2. The fourth-order valence-corrected chi connectivity index (χ4v) is 5.10. The number of carbonyl (C=O) groups is 2. The normalized spacial score (nSPS) is 12.6. The Morgan fingerprint density at radius 1 is 0.971 bits per heavy atom. The van der Waals surface area contributed by atoms with Gasteiger partial charge in [0.2, 0.25) is 0 Å². The van der Waals surface area contributed by atoms with Gasteiger partial charge in [-0.05, 0) is 48.0 Å². The number of esters is 1. The molecule has 0 bridgehead atoms. The molecule has 5 rings (SSSR count). The van der Waals surface area contributed by atoms with Crippen LogP contribution in [0.25, 0.3) is 33.6 Å². The first-order valence-electron chi connectivity index (χ1n) is 10.8. The van der Waals surface area contributed by atoms with E-state index in [1.54, 1.807) is 12.1 Å². The van der Waals surface area contributed by atoms with E-state index in [4.69, 9.17) is 13.9 Å². The number of furan rings is 1. The topological polar surface area (TPSA) is 77.8 Å². The third kappa shape index (κ3) is 4.71. The van der Waals surface area contributed by atoms with Crippen molar-refractivity contribution in [3.63, 3.8) is 0 Å². The molecule has 0 aliphatic rings. The van der Waals surface area contributed by atoms with Crippen LogP contribution in [0.1, 0.15) is 16.7 Å². The number of rotatable bonds is 7. The Morgan fingerprint density at radius 3 is 2.51 bits per heavy atom. The average molecular weight is 504 g/mol. The number of carbonyl (C=O) groups excluding carboxylic acids is 2. The lowest BCUT2D eigenvalue weighted by molar-refractivity contribution is -0.147. The summed E-state index contributed by atoms with van der Waals surface area (Å²) in [6.07, 6.45) is 0.743. The molecule has 0 saturated carbocycles. The van der Waals surface area contributed by atoms with E-state index in [9.17, 15) is 9.59 Å². The number of hydrogen-bond donors (Lipinski definition) is 1. The first kappa shape index (κ1) is 22.9. The highest BCUT2D eigenvalue weighted by atomic mass is 32.1. The van der Waals surface area contributed by atoms with Gasteiger partial charge in [-0.1, -0.05) is 30.3 Å². The molecule has 0 fully saturated rings. The van der Waals surface area contributed by atoms with Crippen LogP contribution in [0.5, 0.6) is 5.75 Å². The van der Waals surface area contributed by atoms with E-state index in [-0.39, 0.29) is 0 Å². The van der Waals surface area contributed by atoms with Crippen molar-refractivity contribution < 1.29 is 23.5 Å². The standard InChI is InChI=1S/C27H21NO5S2/c1-16(32-27(30)20(25-10-6-12-35-25)13-17-7-5-11-34-17)26(29)28-21-15-23-19(14-24(21)31-2)18-8-3-4-9-22(18)33-23/h3-16H,1-2H3,(H,28,29)/b20-13+/t16-/m0/s1. The second-order valence-electron chi connectivity index (χ2n) is 7.73. The maximum absolute atomic E-state index is 13.0. The van der Waals surface area contributed by atoms with Gasteiger partial charge in [0.1, 0.15) is 16.9 Å². The summed E-state index contributed by atoms with van der Waals surface area (Å²) in [5.41, 5.74) is 2.20. The first-order valence-corrected chi connectivity index (χ1v) is 12.6. The lowest BCUT2D eigenvalue weighted by Crippen LogP contribution is -2.30. The molecular formula is C27H21NO5S2. The van der Waals surface area contributed by atoms with Crippen LogP contribution in [0.3, 0.4) is 0 Å². The van der Waals surface area contributed by atoms with Crippen LogP contribution in [0.4, 0.5) is 5.69 Å². The predicted molar refractivity (Wildman–Crippen MR) is 141 cm³/mol. The van der Waals surface area contributed by atoms with Crippen LogP contribution in [0.15, 0.2) is 75.8 Å². The van der Waals surface area contributed by atoms with Crippen molar-refractivity contribution in [1.29, 1.82) is 0 Å². The van der Waals surface area contributed by atoms with E-state index < -0.39 is 18.0 Å². The Bertz CT molecular complexity index is 1530. The van der Waals surface area contributed by atoms with E-state index in [1.807, 2.05) is 65.4 Å². The molecule has 176 valence electrons. The Balaban J connectivity index is 1.37. The summed E-state index contributed by atoms with van der Waals surface area (Å²) >= 11 is 2.95. The van der Waals surface area contributed by atoms with Crippen LogP contribution in [-0.2, 0) is 14.3 Å². The number of ether oxygens (including phenoxy) is 2. The van der Waals surface area contributed by atoms with Crippen molar-refractivity contribution in [1.82, 2.24) is 0 Å². The van der Waals surface area contributed by atoms with Crippen molar-refractivity contribution in [3.05, 3.63) is 81.2 Å². The fourth-order valence-electron chi connectivity index (χ4n) is 3.71. The monoisotopic (exact) mass is 503 g/mol. The molecule has 1 N–H and O–H groups in total. The molecule has 0 radical (unpaired) electrons. The van der Waals surface area contributed by atoms with Gasteiger partial charge in [0.15, 0.2) is 6.10 Å². The van der Waals surface area contributed by atoms with E-state index in [0.29, 0.717) is 22.6 Å². The highest BCUT2D eigenvalue weighted by molar-refractivity contribution is 7.12. The van der Waals surface area contributed by atoms with Gasteiger partial charge in [-0.2, -0.15) is 0 Å². The third-order valence-electron chi connectivity index (χ3n) is 5.45. The zero-order valence-corrected chi connectivity index (χ0v) is 20.6. The van der Waals surface area contributed by atoms with Gasteiger partial charge in [-0.3, -0.25) is 4.79 Å². The maximum Gasteiger partial charge on any atom is 0.340 e. The second kappa shape index (κ2) is 9.77. The van der Waals surface area contributed by atoms with Gasteiger partial charge in [-0.25, -0.2) is 4.79 Å². The molecule has 3 aromatic heterocycles. The number of fused-ring (bicyclic) bond motifs is 3. The van der Waals surface area contributed by atoms with Crippen molar-refractivity contribution >= 4 is 73.8 Å². The van der Waals surface area contributed by atoms with Crippen molar-refractivity contribution in [3.8, 4) is 5.75 Å². The quantitative estimate of drug-likeness (QED) is 0.195. The van der Waals surface area contributed by atoms with Gasteiger partial charge in [0, 0.05) is 26.6 Å². The lowest BCUT2D eigenvalue weighted by Gasteiger charge is -2.16. The van der Waals surface area contributed by atoms with E-state index in [0.717, 1.165) is 26.1 Å². The molecule has 1 atom stereocenters. The number of benzene rings is 2. The maximum atomic E-state index is 13.0. The van der Waals surface area contributed by atoms with Gasteiger partial charge < -0.3 is 19.2 Å². The average Bonchev–Trinajstić information content (AvgIpc) is 3.63. The SMILES string of the molecule is COc1cc2c(cc1NC(=O)[C@H](C)OC(=O)/C(=C/c1cccs1)c1cccs1)oc1ccccc12. The number of methoxy groups -OCH3 is 1. The summed E-state index contributed by atoms with van der Waals surface area (Å²) < 4.78 is 17.0. The summed E-state index contributed by atoms with van der Waals surface area (Å²) in [5, 5.41) is 8.47. The first-order chi connectivity index (χ1) is 17.0. The Morgan fingerprint density at radius 2 is 1.77 bits per heavy atom.